The van der Waals surface area contributed by atoms with Gasteiger partial charge in [0.2, 0.25) is 0 Å². The highest BCUT2D eigenvalue weighted by Gasteiger charge is 2.32. The first-order valence-electron chi connectivity index (χ1n) is 7.55. The van der Waals surface area contributed by atoms with Gasteiger partial charge in [-0.2, -0.15) is 0 Å². The summed E-state index contributed by atoms with van der Waals surface area (Å²) in [4.78, 5) is 11.8. The maximum absolute atomic E-state index is 11.8. The molecule has 0 radical (unpaired) electrons. The van der Waals surface area contributed by atoms with Crippen molar-refractivity contribution in [3.8, 4) is 11.5 Å². The third kappa shape index (κ3) is 3.39. The summed E-state index contributed by atoms with van der Waals surface area (Å²) in [5.41, 5.74) is 1.02. The van der Waals surface area contributed by atoms with Gasteiger partial charge in [0.25, 0.3) is 5.91 Å². The molecular weight excluding hydrogens is 292 g/mol. The summed E-state index contributed by atoms with van der Waals surface area (Å²) in [7, 11) is 1.61. The fraction of sp³-hybridized carbons (Fsp3) is 0.278. The third-order valence-corrected chi connectivity index (χ3v) is 3.75. The molecule has 0 aromatic heterocycles. The predicted octanol–water partition coefficient (Wildman–Crippen LogP) is 2.69. The van der Waals surface area contributed by atoms with Crippen LogP contribution in [0.1, 0.15) is 17.3 Å². The van der Waals surface area contributed by atoms with Gasteiger partial charge in [-0.1, -0.05) is 18.2 Å². The van der Waals surface area contributed by atoms with Gasteiger partial charge in [0.15, 0.2) is 0 Å². The molecule has 120 valence electrons. The second kappa shape index (κ2) is 6.20. The van der Waals surface area contributed by atoms with Gasteiger partial charge in [0.1, 0.15) is 30.3 Å². The molecule has 23 heavy (non-hydrogen) atoms. The van der Waals surface area contributed by atoms with Gasteiger partial charge in [-0.25, -0.2) is 0 Å². The number of fused-ring (bicyclic) bond motifs is 1. The summed E-state index contributed by atoms with van der Waals surface area (Å²) in [6.07, 6.45) is 0. The molecule has 0 saturated heterocycles. The molecule has 1 aliphatic heterocycles. The zero-order valence-electron chi connectivity index (χ0n) is 13.3. The van der Waals surface area contributed by atoms with E-state index in [0.717, 1.165) is 17.2 Å². The minimum absolute atomic E-state index is 0.123. The van der Waals surface area contributed by atoms with E-state index in [-0.39, 0.29) is 11.4 Å². The maximum atomic E-state index is 11.8. The zero-order chi connectivity index (χ0) is 16.3. The average Bonchev–Trinajstić information content (AvgIpc) is 2.59. The summed E-state index contributed by atoms with van der Waals surface area (Å²) >= 11 is 0. The van der Waals surface area contributed by atoms with Crippen LogP contribution in [-0.2, 0) is 0 Å². The molecule has 1 aliphatic rings. The molecular formula is C18H20N2O3. The molecule has 2 aromatic carbocycles. The summed E-state index contributed by atoms with van der Waals surface area (Å²) in [6, 6.07) is 15.0. The Morgan fingerprint density at radius 2 is 2.09 bits per heavy atom. The second-order valence-electron chi connectivity index (χ2n) is 5.87. The van der Waals surface area contributed by atoms with Crippen LogP contribution in [0.25, 0.3) is 0 Å². The molecule has 1 unspecified atom stereocenters. The largest absolute Gasteiger partial charge is 0.491 e. The van der Waals surface area contributed by atoms with Crippen LogP contribution in [-0.4, -0.2) is 31.7 Å². The molecule has 1 atom stereocenters. The molecule has 0 saturated carbocycles. The first-order valence-corrected chi connectivity index (χ1v) is 7.55. The monoisotopic (exact) mass is 312 g/mol. The smallest absolute Gasteiger partial charge is 0.251 e. The van der Waals surface area contributed by atoms with E-state index in [0.29, 0.717) is 18.8 Å². The van der Waals surface area contributed by atoms with Crippen molar-refractivity contribution in [2.24, 2.45) is 0 Å². The zero-order valence-corrected chi connectivity index (χ0v) is 13.3. The van der Waals surface area contributed by atoms with Gasteiger partial charge < -0.3 is 20.1 Å². The fourth-order valence-corrected chi connectivity index (χ4v) is 2.47. The van der Waals surface area contributed by atoms with Crippen molar-refractivity contribution in [2.75, 3.05) is 25.6 Å². The van der Waals surface area contributed by atoms with Crippen molar-refractivity contribution in [3.05, 3.63) is 54.1 Å². The van der Waals surface area contributed by atoms with Crippen LogP contribution >= 0.6 is 0 Å². The standard InChI is InChI=1S/C18H20N2O3/c1-18(11-22-14-6-4-3-5-7-14)12-23-16-9-8-13(17(21)19-2)10-15(16)20-18/h3-10,20H,11-12H2,1-2H3,(H,19,21). The minimum atomic E-state index is -0.371. The van der Waals surface area contributed by atoms with Crippen LogP contribution in [0.5, 0.6) is 11.5 Å². The number of hydrogen-bond donors (Lipinski definition) is 2. The van der Waals surface area contributed by atoms with Crippen LogP contribution in [0.2, 0.25) is 0 Å². The summed E-state index contributed by atoms with van der Waals surface area (Å²) in [5, 5.41) is 6.06. The van der Waals surface area contributed by atoms with E-state index in [1.165, 1.54) is 0 Å². The predicted molar refractivity (Wildman–Crippen MR) is 89.3 cm³/mol. The van der Waals surface area contributed by atoms with Crippen molar-refractivity contribution in [1.29, 1.82) is 0 Å². The molecule has 0 spiro atoms. The van der Waals surface area contributed by atoms with E-state index in [2.05, 4.69) is 10.6 Å². The Hall–Kier alpha value is -2.69. The molecule has 1 heterocycles. The topological polar surface area (TPSA) is 59.6 Å². The molecule has 0 fully saturated rings. The number of benzene rings is 2. The number of carbonyl (C=O) groups is 1. The highest BCUT2D eigenvalue weighted by atomic mass is 16.5. The van der Waals surface area contributed by atoms with Gasteiger partial charge >= 0.3 is 0 Å². The van der Waals surface area contributed by atoms with Crippen molar-refractivity contribution >= 4 is 11.6 Å². The van der Waals surface area contributed by atoms with Crippen molar-refractivity contribution in [3.63, 3.8) is 0 Å². The summed E-state index contributed by atoms with van der Waals surface area (Å²) < 4.78 is 11.7. The lowest BCUT2D eigenvalue weighted by atomic mass is 10.0. The van der Waals surface area contributed by atoms with Crippen LogP contribution in [0.15, 0.2) is 48.5 Å². The van der Waals surface area contributed by atoms with E-state index in [1.54, 1.807) is 19.2 Å². The lowest BCUT2D eigenvalue weighted by Crippen LogP contribution is -2.48. The number of para-hydroxylation sites is 1. The highest BCUT2D eigenvalue weighted by molar-refractivity contribution is 5.95. The van der Waals surface area contributed by atoms with Crippen LogP contribution in [0, 0.1) is 0 Å². The average molecular weight is 312 g/mol. The van der Waals surface area contributed by atoms with E-state index >= 15 is 0 Å². The first kappa shape index (κ1) is 15.2. The van der Waals surface area contributed by atoms with Crippen LogP contribution in [0.4, 0.5) is 5.69 Å². The summed E-state index contributed by atoms with van der Waals surface area (Å²) in [5.74, 6) is 1.44. The van der Waals surface area contributed by atoms with Gasteiger partial charge in [-0.3, -0.25) is 4.79 Å². The van der Waals surface area contributed by atoms with Crippen molar-refractivity contribution in [2.45, 2.75) is 12.5 Å². The number of anilines is 1. The molecule has 1 amide bonds. The van der Waals surface area contributed by atoms with Gasteiger partial charge in [-0.05, 0) is 37.3 Å². The van der Waals surface area contributed by atoms with E-state index in [9.17, 15) is 4.79 Å². The minimum Gasteiger partial charge on any atom is -0.491 e. The van der Waals surface area contributed by atoms with Crippen LogP contribution < -0.4 is 20.1 Å². The number of ether oxygens (including phenoxy) is 2. The Morgan fingerprint density at radius 1 is 1.30 bits per heavy atom. The Labute approximate surface area is 135 Å². The number of nitrogens with one attached hydrogen (secondary N) is 2. The SMILES string of the molecule is CNC(=O)c1ccc2c(c1)NC(C)(COc1ccccc1)CO2. The molecule has 0 aliphatic carbocycles. The Kier molecular flexibility index (Phi) is 4.10. The Balaban J connectivity index is 1.73. The lowest BCUT2D eigenvalue weighted by Gasteiger charge is -2.36. The fourth-order valence-electron chi connectivity index (χ4n) is 2.47. The van der Waals surface area contributed by atoms with Crippen LogP contribution in [0.3, 0.4) is 0 Å². The highest BCUT2D eigenvalue weighted by Crippen LogP contribution is 2.33. The number of hydrogen-bond acceptors (Lipinski definition) is 4. The Bertz CT molecular complexity index is 703. The van der Waals surface area contributed by atoms with E-state index in [4.69, 9.17) is 9.47 Å². The Morgan fingerprint density at radius 3 is 2.83 bits per heavy atom. The summed E-state index contributed by atoms with van der Waals surface area (Å²) in [6.45, 7) is 2.98. The number of carbonyl (C=O) groups excluding carboxylic acids is 1. The molecule has 5 nitrogen and oxygen atoms in total. The van der Waals surface area contributed by atoms with Gasteiger partial charge in [0.05, 0.1) is 5.69 Å². The second-order valence-corrected chi connectivity index (χ2v) is 5.87. The number of amides is 1. The van der Waals surface area contributed by atoms with Crippen molar-refractivity contribution in [1.82, 2.24) is 5.32 Å². The normalized spacial score (nSPS) is 19.0. The maximum Gasteiger partial charge on any atom is 0.251 e. The quantitative estimate of drug-likeness (QED) is 0.911. The third-order valence-electron chi connectivity index (χ3n) is 3.75. The molecule has 2 aromatic rings. The lowest BCUT2D eigenvalue weighted by molar-refractivity contribution is 0.0963. The molecule has 5 heteroatoms. The molecule has 0 bridgehead atoms. The molecule has 3 rings (SSSR count). The van der Waals surface area contributed by atoms with E-state index in [1.807, 2.05) is 43.3 Å². The van der Waals surface area contributed by atoms with Gasteiger partial charge in [0, 0.05) is 12.6 Å². The first-order chi connectivity index (χ1) is 11.1. The van der Waals surface area contributed by atoms with Gasteiger partial charge in [-0.15, -0.1) is 0 Å². The number of rotatable bonds is 4. The van der Waals surface area contributed by atoms with Crippen molar-refractivity contribution < 1.29 is 14.3 Å². The van der Waals surface area contributed by atoms with E-state index < -0.39 is 0 Å². The molecule has 2 N–H and O–H groups in total.